The Morgan fingerprint density at radius 1 is 0.857 bits per heavy atom. The van der Waals surface area contributed by atoms with Crippen molar-refractivity contribution in [2.75, 3.05) is 17.2 Å². The second kappa shape index (κ2) is 7.34. The summed E-state index contributed by atoms with van der Waals surface area (Å²) >= 11 is 7.52. The van der Waals surface area contributed by atoms with Gasteiger partial charge in [-0.05, 0) is 36.2 Å². The summed E-state index contributed by atoms with van der Waals surface area (Å²) < 4.78 is 0. The number of carbonyl (C=O) groups excluding carboxylic acids is 2. The van der Waals surface area contributed by atoms with Crippen molar-refractivity contribution in [2.45, 2.75) is 11.3 Å². The van der Waals surface area contributed by atoms with Gasteiger partial charge in [0.05, 0.1) is 16.8 Å². The number of benzene rings is 3. The monoisotopic (exact) mass is 408 g/mol. The van der Waals surface area contributed by atoms with Crippen molar-refractivity contribution >= 4 is 46.3 Å². The summed E-state index contributed by atoms with van der Waals surface area (Å²) in [6, 6.07) is 16.4. The number of hydrogen-bond donors (Lipinski definition) is 2. The van der Waals surface area contributed by atoms with E-state index in [9.17, 15) is 9.59 Å². The van der Waals surface area contributed by atoms with Gasteiger partial charge < -0.3 is 11.5 Å². The van der Waals surface area contributed by atoms with Gasteiger partial charge in [0.2, 0.25) is 0 Å². The third-order valence-corrected chi connectivity index (χ3v) is 6.07. The summed E-state index contributed by atoms with van der Waals surface area (Å²) in [5.74, 6) is 0.161. The summed E-state index contributed by atoms with van der Waals surface area (Å²) in [6.45, 7) is 0. The van der Waals surface area contributed by atoms with Crippen molar-refractivity contribution in [3.05, 3.63) is 87.4 Å². The molecule has 0 atom stereocenters. The smallest absolute Gasteiger partial charge is 0.196 e. The Kier molecular flexibility index (Phi) is 4.87. The van der Waals surface area contributed by atoms with E-state index in [0.717, 1.165) is 12.2 Å². The van der Waals surface area contributed by atoms with E-state index < -0.39 is 0 Å². The Morgan fingerprint density at radius 3 is 2.32 bits per heavy atom. The lowest BCUT2D eigenvalue weighted by atomic mass is 9.82. The SMILES string of the molecule is Nc1cc(SCCc2ccccc2)c(N)c2c1C(=O)c1cc(Cl)ccc1C2=O. The number of ketones is 2. The molecule has 0 radical (unpaired) electrons. The molecule has 1 aliphatic carbocycles. The van der Waals surface area contributed by atoms with Crippen LogP contribution in [0.15, 0.2) is 59.5 Å². The van der Waals surface area contributed by atoms with E-state index >= 15 is 0 Å². The summed E-state index contributed by atoms with van der Waals surface area (Å²) in [4.78, 5) is 26.7. The number of nitrogens with two attached hydrogens (primary N) is 2. The van der Waals surface area contributed by atoms with Crippen LogP contribution in [-0.4, -0.2) is 17.3 Å². The van der Waals surface area contributed by atoms with E-state index in [-0.39, 0.29) is 33.9 Å². The number of carbonyl (C=O) groups is 2. The van der Waals surface area contributed by atoms with Crippen LogP contribution in [0.4, 0.5) is 11.4 Å². The molecule has 4 nitrogen and oxygen atoms in total. The predicted octanol–water partition coefficient (Wildman–Crippen LogP) is 4.61. The van der Waals surface area contributed by atoms with Crippen LogP contribution in [0.25, 0.3) is 0 Å². The first-order valence-electron chi connectivity index (χ1n) is 8.75. The highest BCUT2D eigenvalue weighted by molar-refractivity contribution is 7.99. The number of aryl methyl sites for hydroxylation is 1. The van der Waals surface area contributed by atoms with Gasteiger partial charge in [0, 0.05) is 32.5 Å². The highest BCUT2D eigenvalue weighted by Crippen LogP contribution is 2.40. The van der Waals surface area contributed by atoms with E-state index in [1.165, 1.54) is 23.4 Å². The lowest BCUT2D eigenvalue weighted by Crippen LogP contribution is -2.24. The highest BCUT2D eigenvalue weighted by atomic mass is 35.5. The Balaban J connectivity index is 1.69. The highest BCUT2D eigenvalue weighted by Gasteiger charge is 2.34. The van der Waals surface area contributed by atoms with Crippen molar-refractivity contribution in [3.63, 3.8) is 0 Å². The fourth-order valence-electron chi connectivity index (χ4n) is 3.39. The number of anilines is 2. The van der Waals surface area contributed by atoms with Crippen molar-refractivity contribution in [3.8, 4) is 0 Å². The van der Waals surface area contributed by atoms with Crippen molar-refractivity contribution in [2.24, 2.45) is 0 Å². The first-order valence-corrected chi connectivity index (χ1v) is 10.1. The van der Waals surface area contributed by atoms with Gasteiger partial charge >= 0.3 is 0 Å². The molecule has 0 saturated heterocycles. The number of halogens is 1. The standard InChI is InChI=1S/C22H17ClN2O2S/c23-13-6-7-14-15(10-13)22(27)18-16(24)11-17(20(25)19(18)21(14)26)28-9-8-12-4-2-1-3-5-12/h1-7,10-11H,8-9,24-25H2. The molecule has 4 rings (SSSR count). The average molecular weight is 409 g/mol. The maximum Gasteiger partial charge on any atom is 0.196 e. The average Bonchev–Trinajstić information content (AvgIpc) is 2.69. The van der Waals surface area contributed by atoms with Crippen LogP contribution in [0.5, 0.6) is 0 Å². The van der Waals surface area contributed by atoms with E-state index in [2.05, 4.69) is 12.1 Å². The molecule has 28 heavy (non-hydrogen) atoms. The van der Waals surface area contributed by atoms with Crippen molar-refractivity contribution in [1.29, 1.82) is 0 Å². The Hall–Kier alpha value is -2.76. The third kappa shape index (κ3) is 3.17. The molecule has 0 fully saturated rings. The number of rotatable bonds is 4. The maximum absolute atomic E-state index is 13.0. The van der Waals surface area contributed by atoms with E-state index in [1.807, 2.05) is 18.2 Å². The zero-order chi connectivity index (χ0) is 19.8. The molecule has 0 aromatic heterocycles. The third-order valence-electron chi connectivity index (χ3n) is 4.78. The fourth-order valence-corrected chi connectivity index (χ4v) is 4.59. The van der Waals surface area contributed by atoms with Crippen LogP contribution in [-0.2, 0) is 6.42 Å². The molecule has 0 saturated carbocycles. The predicted molar refractivity (Wildman–Crippen MR) is 114 cm³/mol. The molecule has 0 unspecified atom stereocenters. The molecular weight excluding hydrogens is 392 g/mol. The molecule has 0 heterocycles. The summed E-state index contributed by atoms with van der Waals surface area (Å²) in [6.07, 6.45) is 0.857. The number of thioether (sulfide) groups is 1. The number of hydrogen-bond acceptors (Lipinski definition) is 5. The van der Waals surface area contributed by atoms with E-state index in [1.54, 1.807) is 18.2 Å². The lowest BCUT2D eigenvalue weighted by molar-refractivity contribution is 0.0980. The topological polar surface area (TPSA) is 86.2 Å². The molecule has 1 aliphatic rings. The van der Waals surface area contributed by atoms with Crippen LogP contribution < -0.4 is 11.5 Å². The van der Waals surface area contributed by atoms with Crippen LogP contribution >= 0.6 is 23.4 Å². The first kappa shape index (κ1) is 18.6. The largest absolute Gasteiger partial charge is 0.398 e. The zero-order valence-electron chi connectivity index (χ0n) is 14.9. The summed E-state index contributed by atoms with van der Waals surface area (Å²) in [5, 5.41) is 0.392. The molecule has 0 spiro atoms. The molecule has 3 aromatic carbocycles. The molecule has 4 N–H and O–H groups in total. The number of nitrogen functional groups attached to an aromatic ring is 2. The van der Waals surface area contributed by atoms with Crippen LogP contribution in [0.2, 0.25) is 5.02 Å². The van der Waals surface area contributed by atoms with Crippen LogP contribution in [0.1, 0.15) is 37.4 Å². The summed E-state index contributed by atoms with van der Waals surface area (Å²) in [5.41, 5.74) is 15.2. The second-order valence-corrected chi connectivity index (χ2v) is 8.13. The van der Waals surface area contributed by atoms with Crippen LogP contribution in [0, 0.1) is 0 Å². The first-order chi connectivity index (χ1) is 13.5. The van der Waals surface area contributed by atoms with Gasteiger partial charge in [0.15, 0.2) is 11.6 Å². The van der Waals surface area contributed by atoms with Crippen molar-refractivity contribution in [1.82, 2.24) is 0 Å². The van der Waals surface area contributed by atoms with Gasteiger partial charge in [-0.1, -0.05) is 41.9 Å². The van der Waals surface area contributed by atoms with Gasteiger partial charge in [-0.2, -0.15) is 0 Å². The summed E-state index contributed by atoms with van der Waals surface area (Å²) in [7, 11) is 0. The molecule has 3 aromatic rings. The molecule has 0 bridgehead atoms. The second-order valence-electron chi connectivity index (χ2n) is 6.56. The molecule has 6 heteroatoms. The van der Waals surface area contributed by atoms with Gasteiger partial charge in [-0.15, -0.1) is 11.8 Å². The molecular formula is C22H17ClN2O2S. The molecule has 0 aliphatic heterocycles. The lowest BCUT2D eigenvalue weighted by Gasteiger charge is -2.22. The minimum absolute atomic E-state index is 0.171. The fraction of sp³-hybridized carbons (Fsp3) is 0.0909. The van der Waals surface area contributed by atoms with Gasteiger partial charge in [-0.25, -0.2) is 0 Å². The quantitative estimate of drug-likeness (QED) is 0.380. The molecule has 140 valence electrons. The number of fused-ring (bicyclic) bond motifs is 2. The normalized spacial score (nSPS) is 12.6. The van der Waals surface area contributed by atoms with Gasteiger partial charge in [-0.3, -0.25) is 9.59 Å². The van der Waals surface area contributed by atoms with E-state index in [4.69, 9.17) is 23.1 Å². The maximum atomic E-state index is 13.0. The minimum atomic E-state index is -0.322. The van der Waals surface area contributed by atoms with E-state index in [0.29, 0.717) is 21.2 Å². The minimum Gasteiger partial charge on any atom is -0.398 e. The Morgan fingerprint density at radius 2 is 1.57 bits per heavy atom. The van der Waals surface area contributed by atoms with Gasteiger partial charge in [0.25, 0.3) is 0 Å². The Bertz CT molecular complexity index is 1110. The van der Waals surface area contributed by atoms with Gasteiger partial charge in [0.1, 0.15) is 0 Å². The Labute approximate surface area is 171 Å². The zero-order valence-corrected chi connectivity index (χ0v) is 16.4. The molecule has 0 amide bonds. The van der Waals surface area contributed by atoms with Crippen LogP contribution in [0.3, 0.4) is 0 Å². The van der Waals surface area contributed by atoms with Crippen molar-refractivity contribution < 1.29 is 9.59 Å².